The van der Waals surface area contributed by atoms with Crippen LogP contribution in [0.3, 0.4) is 0 Å². The molecule has 0 fully saturated rings. The summed E-state index contributed by atoms with van der Waals surface area (Å²) in [4.78, 5) is 0. The molecule has 1 aromatic rings. The van der Waals surface area contributed by atoms with Crippen LogP contribution < -0.4 is 0 Å². The van der Waals surface area contributed by atoms with Crippen molar-refractivity contribution in [3.63, 3.8) is 0 Å². The van der Waals surface area contributed by atoms with Crippen LogP contribution in [-0.4, -0.2) is 6.10 Å². The molecule has 1 atom stereocenters. The predicted molar refractivity (Wildman–Crippen MR) is 58.6 cm³/mol. The maximum absolute atomic E-state index is 8.67. The van der Waals surface area contributed by atoms with Gasteiger partial charge in [0.15, 0.2) is 0 Å². The summed E-state index contributed by atoms with van der Waals surface area (Å²) in [6, 6.07) is 9.99. The van der Waals surface area contributed by atoms with Crippen LogP contribution >= 0.6 is 15.9 Å². The first-order chi connectivity index (χ1) is 6.76. The van der Waals surface area contributed by atoms with Gasteiger partial charge in [0.05, 0.1) is 12.7 Å². The number of nitrogens with zero attached hydrogens (tertiary/aromatic N) is 1. The van der Waals surface area contributed by atoms with E-state index in [0.29, 0.717) is 6.61 Å². The summed E-state index contributed by atoms with van der Waals surface area (Å²) in [7, 11) is 0. The van der Waals surface area contributed by atoms with Crippen LogP contribution in [-0.2, 0) is 11.3 Å². The fourth-order valence-corrected chi connectivity index (χ4v) is 1.29. The average Bonchev–Trinajstić information content (AvgIpc) is 2.22. The Morgan fingerprint density at radius 3 is 2.57 bits per heavy atom. The Hall–Kier alpha value is -0.850. The molecule has 3 heteroatoms. The zero-order valence-electron chi connectivity index (χ0n) is 8.03. The maximum Gasteiger partial charge on any atom is 0.144 e. The van der Waals surface area contributed by atoms with Crippen molar-refractivity contribution in [1.29, 1.82) is 5.26 Å². The largest absolute Gasteiger partial charge is 0.359 e. The van der Waals surface area contributed by atoms with Crippen LogP contribution in [0.5, 0.6) is 0 Å². The van der Waals surface area contributed by atoms with Crippen LogP contribution in [0.4, 0.5) is 0 Å². The number of nitriles is 1. The van der Waals surface area contributed by atoms with E-state index >= 15 is 0 Å². The first kappa shape index (κ1) is 11.2. The zero-order valence-corrected chi connectivity index (χ0v) is 9.62. The van der Waals surface area contributed by atoms with E-state index in [1.54, 1.807) is 0 Å². The number of hydrogen-bond donors (Lipinski definition) is 0. The lowest BCUT2D eigenvalue weighted by Crippen LogP contribution is -2.08. The highest BCUT2D eigenvalue weighted by Gasteiger charge is 2.03. The third-order valence-electron chi connectivity index (χ3n) is 1.88. The summed E-state index contributed by atoms with van der Waals surface area (Å²) < 4.78 is 6.44. The van der Waals surface area contributed by atoms with E-state index in [1.807, 2.05) is 31.2 Å². The van der Waals surface area contributed by atoms with Crippen molar-refractivity contribution in [3.8, 4) is 6.07 Å². The summed E-state index contributed by atoms with van der Waals surface area (Å²) in [6.45, 7) is 2.44. The Kier molecular flexibility index (Phi) is 4.64. The molecule has 0 aliphatic rings. The number of halogens is 1. The fraction of sp³-hybridized carbons (Fsp3) is 0.364. The van der Waals surface area contributed by atoms with Gasteiger partial charge in [-0.25, -0.2) is 0 Å². The highest BCUT2D eigenvalue weighted by molar-refractivity contribution is 9.10. The summed E-state index contributed by atoms with van der Waals surface area (Å²) >= 11 is 3.36. The molecule has 1 rings (SSSR count). The number of rotatable bonds is 4. The molecule has 0 N–H and O–H groups in total. The molecule has 0 saturated carbocycles. The second-order valence-electron chi connectivity index (χ2n) is 2.96. The molecule has 0 heterocycles. The van der Waals surface area contributed by atoms with E-state index in [4.69, 9.17) is 10.00 Å². The topological polar surface area (TPSA) is 33.0 Å². The first-order valence-electron chi connectivity index (χ1n) is 4.52. The predicted octanol–water partition coefficient (Wildman–Crippen LogP) is 3.27. The Balaban J connectivity index is 2.46. The third kappa shape index (κ3) is 3.49. The van der Waals surface area contributed by atoms with E-state index in [0.717, 1.165) is 16.5 Å². The third-order valence-corrected chi connectivity index (χ3v) is 2.41. The van der Waals surface area contributed by atoms with Gasteiger partial charge in [-0.2, -0.15) is 5.26 Å². The highest BCUT2D eigenvalue weighted by atomic mass is 79.9. The molecule has 0 aliphatic carbocycles. The molecule has 0 radical (unpaired) electrons. The van der Waals surface area contributed by atoms with Gasteiger partial charge in [-0.15, -0.1) is 0 Å². The summed E-state index contributed by atoms with van der Waals surface area (Å²) in [5.41, 5.74) is 1.09. The highest BCUT2D eigenvalue weighted by Crippen LogP contribution is 2.12. The second kappa shape index (κ2) is 5.79. The second-order valence-corrected chi connectivity index (χ2v) is 3.88. The van der Waals surface area contributed by atoms with Gasteiger partial charge in [0, 0.05) is 4.47 Å². The smallest absolute Gasteiger partial charge is 0.144 e. The van der Waals surface area contributed by atoms with Crippen LogP contribution in [0.2, 0.25) is 0 Å². The molecule has 2 nitrogen and oxygen atoms in total. The number of ether oxygens (including phenoxy) is 1. The van der Waals surface area contributed by atoms with E-state index in [9.17, 15) is 0 Å². The van der Waals surface area contributed by atoms with Gasteiger partial charge in [0.25, 0.3) is 0 Å². The van der Waals surface area contributed by atoms with Crippen LogP contribution in [0.15, 0.2) is 28.7 Å². The molecule has 0 aromatic heterocycles. The van der Waals surface area contributed by atoms with Crippen molar-refractivity contribution in [2.24, 2.45) is 0 Å². The molecule has 0 bridgehead atoms. The van der Waals surface area contributed by atoms with Gasteiger partial charge in [-0.3, -0.25) is 0 Å². The number of benzene rings is 1. The molecule has 0 saturated heterocycles. The van der Waals surface area contributed by atoms with Gasteiger partial charge < -0.3 is 4.74 Å². The van der Waals surface area contributed by atoms with Crippen molar-refractivity contribution in [2.75, 3.05) is 0 Å². The number of hydrogen-bond acceptors (Lipinski definition) is 2. The summed E-state index contributed by atoms with van der Waals surface area (Å²) in [6.07, 6.45) is 0.436. The van der Waals surface area contributed by atoms with Gasteiger partial charge >= 0.3 is 0 Å². The maximum atomic E-state index is 8.67. The van der Waals surface area contributed by atoms with Crippen LogP contribution in [0, 0.1) is 11.3 Å². The summed E-state index contributed by atoms with van der Waals surface area (Å²) in [5, 5.41) is 8.67. The van der Waals surface area contributed by atoms with Gasteiger partial charge in [-0.05, 0) is 24.1 Å². The van der Waals surface area contributed by atoms with Gasteiger partial charge in [0.2, 0.25) is 0 Å². The van der Waals surface area contributed by atoms with Crippen molar-refractivity contribution < 1.29 is 4.74 Å². The fourth-order valence-electron chi connectivity index (χ4n) is 1.02. The molecule has 0 amide bonds. The monoisotopic (exact) mass is 253 g/mol. The Bertz CT molecular complexity index is 315. The molecular weight excluding hydrogens is 242 g/mol. The van der Waals surface area contributed by atoms with Crippen LogP contribution in [0.25, 0.3) is 0 Å². The van der Waals surface area contributed by atoms with E-state index < -0.39 is 0 Å². The lowest BCUT2D eigenvalue weighted by molar-refractivity contribution is 0.0745. The van der Waals surface area contributed by atoms with Crippen molar-refractivity contribution >= 4 is 15.9 Å². The zero-order chi connectivity index (χ0) is 10.4. The van der Waals surface area contributed by atoms with E-state index in [1.165, 1.54) is 0 Å². The minimum Gasteiger partial charge on any atom is -0.359 e. The Morgan fingerprint density at radius 1 is 1.43 bits per heavy atom. The molecule has 0 spiro atoms. The quantitative estimate of drug-likeness (QED) is 0.826. The van der Waals surface area contributed by atoms with Crippen molar-refractivity contribution in [3.05, 3.63) is 34.3 Å². The Labute approximate surface area is 92.6 Å². The molecular formula is C11H12BrNO. The van der Waals surface area contributed by atoms with Gasteiger partial charge in [0.1, 0.15) is 6.10 Å². The molecule has 14 heavy (non-hydrogen) atoms. The van der Waals surface area contributed by atoms with Gasteiger partial charge in [-0.1, -0.05) is 35.0 Å². The normalized spacial score (nSPS) is 12.1. The summed E-state index contributed by atoms with van der Waals surface area (Å²) in [5.74, 6) is 0. The lowest BCUT2D eigenvalue weighted by atomic mass is 10.2. The van der Waals surface area contributed by atoms with Crippen molar-refractivity contribution in [1.82, 2.24) is 0 Å². The van der Waals surface area contributed by atoms with E-state index in [-0.39, 0.29) is 6.10 Å². The molecule has 74 valence electrons. The van der Waals surface area contributed by atoms with E-state index in [2.05, 4.69) is 22.0 Å². The first-order valence-corrected chi connectivity index (χ1v) is 5.31. The lowest BCUT2D eigenvalue weighted by Gasteiger charge is -2.07. The molecule has 1 unspecified atom stereocenters. The Morgan fingerprint density at radius 2 is 2.07 bits per heavy atom. The SMILES string of the molecule is CCC(C#N)OCc1ccc(Br)cc1. The standard InChI is InChI=1S/C11H12BrNO/c1-2-11(7-13)14-8-9-3-5-10(12)6-4-9/h3-6,11H,2,8H2,1H3. The minimum absolute atomic E-state index is 0.293. The molecule has 1 aromatic carbocycles. The minimum atomic E-state index is -0.293. The van der Waals surface area contributed by atoms with Crippen LogP contribution in [0.1, 0.15) is 18.9 Å². The molecule has 0 aliphatic heterocycles. The average molecular weight is 254 g/mol. The van der Waals surface area contributed by atoms with Crippen molar-refractivity contribution in [2.45, 2.75) is 26.1 Å².